The molecule has 2 saturated heterocycles. The molecule has 2 fully saturated rings. The number of aromatic nitrogens is 1. The molecule has 1 aromatic rings. The zero-order valence-corrected chi connectivity index (χ0v) is 12.4. The van der Waals surface area contributed by atoms with Gasteiger partial charge in [0.1, 0.15) is 11.6 Å². The van der Waals surface area contributed by atoms with E-state index in [2.05, 4.69) is 39.6 Å². The lowest BCUT2D eigenvalue weighted by Crippen LogP contribution is -2.41. The first-order valence-corrected chi connectivity index (χ1v) is 8.08. The maximum Gasteiger partial charge on any atom is 0.128 e. The Morgan fingerprint density at radius 1 is 1.20 bits per heavy atom. The molecular formula is C16H26N4. The van der Waals surface area contributed by atoms with E-state index in [1.165, 1.54) is 38.8 Å². The van der Waals surface area contributed by atoms with E-state index in [-0.39, 0.29) is 0 Å². The SMILES string of the molecule is CCCNc1cccc(NC2CCN3CCCCC23)n1. The average molecular weight is 274 g/mol. The summed E-state index contributed by atoms with van der Waals surface area (Å²) in [5, 5.41) is 7.02. The lowest BCUT2D eigenvalue weighted by atomic mass is 9.99. The van der Waals surface area contributed by atoms with E-state index in [0.717, 1.165) is 30.6 Å². The Hall–Kier alpha value is -1.29. The lowest BCUT2D eigenvalue weighted by Gasteiger charge is -2.32. The Labute approximate surface area is 122 Å². The van der Waals surface area contributed by atoms with Crippen LogP contribution in [-0.2, 0) is 0 Å². The van der Waals surface area contributed by atoms with Crippen LogP contribution in [0.1, 0.15) is 39.0 Å². The number of rotatable bonds is 5. The second-order valence-electron chi connectivity index (χ2n) is 5.97. The van der Waals surface area contributed by atoms with Crippen molar-refractivity contribution in [2.75, 3.05) is 30.3 Å². The van der Waals surface area contributed by atoms with Gasteiger partial charge in [-0.2, -0.15) is 0 Å². The van der Waals surface area contributed by atoms with Crippen molar-refractivity contribution in [2.45, 2.75) is 51.1 Å². The van der Waals surface area contributed by atoms with Crippen molar-refractivity contribution in [1.82, 2.24) is 9.88 Å². The van der Waals surface area contributed by atoms with Gasteiger partial charge in [-0.3, -0.25) is 4.90 Å². The van der Waals surface area contributed by atoms with Crippen LogP contribution in [0.2, 0.25) is 0 Å². The highest BCUT2D eigenvalue weighted by Crippen LogP contribution is 2.29. The minimum absolute atomic E-state index is 0.573. The largest absolute Gasteiger partial charge is 0.370 e. The van der Waals surface area contributed by atoms with E-state index in [4.69, 9.17) is 0 Å². The number of pyridine rings is 1. The van der Waals surface area contributed by atoms with Crippen LogP contribution in [0, 0.1) is 0 Å². The van der Waals surface area contributed by atoms with E-state index in [1.54, 1.807) is 0 Å². The lowest BCUT2D eigenvalue weighted by molar-refractivity contribution is 0.192. The van der Waals surface area contributed by atoms with Crippen LogP contribution in [0.25, 0.3) is 0 Å². The Morgan fingerprint density at radius 2 is 2.10 bits per heavy atom. The molecular weight excluding hydrogens is 248 g/mol. The standard InChI is InChI=1S/C16H26N4/c1-2-10-17-15-7-5-8-16(19-15)18-13-9-12-20-11-4-3-6-14(13)20/h5,7-8,13-14H,2-4,6,9-12H2,1H3,(H2,17,18,19). The second-order valence-corrected chi connectivity index (χ2v) is 5.97. The van der Waals surface area contributed by atoms with Crippen LogP contribution in [0.3, 0.4) is 0 Å². The quantitative estimate of drug-likeness (QED) is 0.866. The zero-order valence-electron chi connectivity index (χ0n) is 12.4. The van der Waals surface area contributed by atoms with E-state index < -0.39 is 0 Å². The monoisotopic (exact) mass is 274 g/mol. The zero-order chi connectivity index (χ0) is 13.8. The molecule has 20 heavy (non-hydrogen) atoms. The number of anilines is 2. The summed E-state index contributed by atoms with van der Waals surface area (Å²) in [5.74, 6) is 2.00. The molecule has 0 bridgehead atoms. The number of nitrogens with one attached hydrogen (secondary N) is 2. The molecule has 0 spiro atoms. The van der Waals surface area contributed by atoms with Gasteiger partial charge in [-0.25, -0.2) is 4.98 Å². The van der Waals surface area contributed by atoms with Gasteiger partial charge in [-0.15, -0.1) is 0 Å². The number of hydrogen-bond donors (Lipinski definition) is 2. The predicted octanol–water partition coefficient (Wildman–Crippen LogP) is 2.94. The van der Waals surface area contributed by atoms with Crippen molar-refractivity contribution < 1.29 is 0 Å². The third kappa shape index (κ3) is 3.06. The highest BCUT2D eigenvalue weighted by molar-refractivity contribution is 5.46. The molecule has 2 unspecified atom stereocenters. The Kier molecular flexibility index (Phi) is 4.41. The summed E-state index contributed by atoms with van der Waals surface area (Å²) in [5.41, 5.74) is 0. The Bertz CT molecular complexity index is 434. The highest BCUT2D eigenvalue weighted by atomic mass is 15.2. The van der Waals surface area contributed by atoms with Gasteiger partial charge in [-0.05, 0) is 44.4 Å². The van der Waals surface area contributed by atoms with Gasteiger partial charge in [0.2, 0.25) is 0 Å². The fraction of sp³-hybridized carbons (Fsp3) is 0.688. The second kappa shape index (κ2) is 6.44. The normalized spacial score (nSPS) is 26.2. The Morgan fingerprint density at radius 3 is 3.00 bits per heavy atom. The predicted molar refractivity (Wildman–Crippen MR) is 84.3 cm³/mol. The van der Waals surface area contributed by atoms with Crippen molar-refractivity contribution >= 4 is 11.6 Å². The topological polar surface area (TPSA) is 40.2 Å². The van der Waals surface area contributed by atoms with Crippen molar-refractivity contribution in [3.8, 4) is 0 Å². The van der Waals surface area contributed by atoms with Crippen LogP contribution >= 0.6 is 0 Å². The summed E-state index contributed by atoms with van der Waals surface area (Å²) in [7, 11) is 0. The van der Waals surface area contributed by atoms with Gasteiger partial charge in [0.15, 0.2) is 0 Å². The maximum atomic E-state index is 4.67. The number of fused-ring (bicyclic) bond motifs is 1. The number of nitrogens with zero attached hydrogens (tertiary/aromatic N) is 2. The molecule has 2 N–H and O–H groups in total. The highest BCUT2D eigenvalue weighted by Gasteiger charge is 2.35. The summed E-state index contributed by atoms with van der Waals surface area (Å²) in [4.78, 5) is 7.32. The first-order chi connectivity index (χ1) is 9.86. The molecule has 4 nitrogen and oxygen atoms in total. The van der Waals surface area contributed by atoms with Crippen LogP contribution < -0.4 is 10.6 Å². The summed E-state index contributed by atoms with van der Waals surface area (Å²) >= 11 is 0. The fourth-order valence-corrected chi connectivity index (χ4v) is 3.47. The van der Waals surface area contributed by atoms with Crippen molar-refractivity contribution in [1.29, 1.82) is 0 Å². The third-order valence-electron chi connectivity index (χ3n) is 4.49. The molecule has 1 aromatic heterocycles. The summed E-state index contributed by atoms with van der Waals surface area (Å²) in [6, 6.07) is 7.51. The molecule has 110 valence electrons. The van der Waals surface area contributed by atoms with Gasteiger partial charge in [0.05, 0.1) is 0 Å². The van der Waals surface area contributed by atoms with Gasteiger partial charge < -0.3 is 10.6 Å². The fourth-order valence-electron chi connectivity index (χ4n) is 3.47. The van der Waals surface area contributed by atoms with Gasteiger partial charge >= 0.3 is 0 Å². The Balaban J connectivity index is 1.62. The van der Waals surface area contributed by atoms with Crippen LogP contribution in [0.4, 0.5) is 11.6 Å². The molecule has 2 aliphatic heterocycles. The van der Waals surface area contributed by atoms with Gasteiger partial charge in [0, 0.05) is 25.2 Å². The number of hydrogen-bond acceptors (Lipinski definition) is 4. The minimum Gasteiger partial charge on any atom is -0.370 e. The smallest absolute Gasteiger partial charge is 0.128 e. The van der Waals surface area contributed by atoms with Gasteiger partial charge in [-0.1, -0.05) is 19.4 Å². The van der Waals surface area contributed by atoms with E-state index >= 15 is 0 Å². The maximum absolute atomic E-state index is 4.67. The van der Waals surface area contributed by atoms with Crippen molar-refractivity contribution in [2.24, 2.45) is 0 Å². The van der Waals surface area contributed by atoms with E-state index in [9.17, 15) is 0 Å². The van der Waals surface area contributed by atoms with Gasteiger partial charge in [0.25, 0.3) is 0 Å². The van der Waals surface area contributed by atoms with E-state index in [0.29, 0.717) is 6.04 Å². The van der Waals surface area contributed by atoms with Crippen molar-refractivity contribution in [3.05, 3.63) is 18.2 Å². The molecule has 0 amide bonds. The molecule has 0 saturated carbocycles. The molecule has 0 radical (unpaired) electrons. The molecule has 0 aromatic carbocycles. The van der Waals surface area contributed by atoms with E-state index in [1.807, 2.05) is 6.07 Å². The molecule has 2 aliphatic rings. The molecule has 4 heteroatoms. The molecule has 3 heterocycles. The summed E-state index contributed by atoms with van der Waals surface area (Å²) in [6.45, 7) is 5.69. The summed E-state index contributed by atoms with van der Waals surface area (Å²) < 4.78 is 0. The van der Waals surface area contributed by atoms with Crippen LogP contribution in [-0.4, -0.2) is 41.6 Å². The van der Waals surface area contributed by atoms with Crippen LogP contribution in [0.15, 0.2) is 18.2 Å². The minimum atomic E-state index is 0.573. The first kappa shape index (κ1) is 13.7. The molecule has 0 aliphatic carbocycles. The molecule has 3 rings (SSSR count). The van der Waals surface area contributed by atoms with Crippen LogP contribution in [0.5, 0.6) is 0 Å². The number of piperidine rings is 1. The third-order valence-corrected chi connectivity index (χ3v) is 4.49. The molecule has 2 atom stereocenters. The first-order valence-electron chi connectivity index (χ1n) is 8.08. The van der Waals surface area contributed by atoms with Crippen molar-refractivity contribution in [3.63, 3.8) is 0 Å². The summed E-state index contributed by atoms with van der Waals surface area (Å²) in [6.07, 6.45) is 6.46. The average Bonchev–Trinajstić information content (AvgIpc) is 2.89.